The maximum absolute atomic E-state index is 11.9. The van der Waals surface area contributed by atoms with Gasteiger partial charge in [0.15, 0.2) is 5.03 Å². The van der Waals surface area contributed by atoms with Crippen molar-refractivity contribution in [3.05, 3.63) is 12.5 Å². The number of rotatable bonds is 5. The Morgan fingerprint density at radius 1 is 1.56 bits per heavy atom. The minimum Gasteiger partial charge on any atom is -0.339 e. The van der Waals surface area contributed by atoms with E-state index in [1.54, 1.807) is 11.6 Å². The Morgan fingerprint density at radius 3 is 2.56 bits per heavy atom. The molecule has 1 aromatic rings. The first-order chi connectivity index (χ1) is 7.36. The van der Waals surface area contributed by atoms with Gasteiger partial charge >= 0.3 is 0 Å². The smallest absolute Gasteiger partial charge is 0.259 e. The molecule has 1 aromatic heterocycles. The number of nitrogens with zero attached hydrogens (tertiary/aromatic N) is 2. The Hall–Kier alpha value is -0.150. The number of aromatic nitrogens is 2. The maximum atomic E-state index is 11.9. The highest BCUT2D eigenvalue weighted by Gasteiger charge is 2.23. The van der Waals surface area contributed by atoms with Gasteiger partial charge in [-0.3, -0.25) is 0 Å². The van der Waals surface area contributed by atoms with Crippen LogP contribution in [-0.4, -0.2) is 28.4 Å². The van der Waals surface area contributed by atoms with Crippen molar-refractivity contribution in [3.63, 3.8) is 0 Å². The van der Waals surface area contributed by atoms with E-state index in [0.717, 1.165) is 4.43 Å². The van der Waals surface area contributed by atoms with E-state index in [0.29, 0.717) is 0 Å². The molecule has 1 heterocycles. The maximum Gasteiger partial charge on any atom is 0.259 e. The van der Waals surface area contributed by atoms with E-state index in [1.165, 1.54) is 12.5 Å². The van der Waals surface area contributed by atoms with Crippen LogP contribution in [0.25, 0.3) is 0 Å². The van der Waals surface area contributed by atoms with Crippen LogP contribution in [0.2, 0.25) is 0 Å². The van der Waals surface area contributed by atoms with Crippen LogP contribution in [0.5, 0.6) is 0 Å². The SMILES string of the molecule is CC(C)C(CI)NS(=O)(=O)c1cn(C)cn1. The second-order valence-corrected chi connectivity index (χ2v) is 6.55. The van der Waals surface area contributed by atoms with Gasteiger partial charge in [-0.1, -0.05) is 36.4 Å². The van der Waals surface area contributed by atoms with Crippen LogP contribution < -0.4 is 4.72 Å². The summed E-state index contributed by atoms with van der Waals surface area (Å²) in [6.45, 7) is 3.98. The van der Waals surface area contributed by atoms with Gasteiger partial charge in [-0.25, -0.2) is 18.1 Å². The molecule has 1 rings (SSSR count). The Bertz CT molecular complexity index is 441. The highest BCUT2D eigenvalue weighted by atomic mass is 127. The highest BCUT2D eigenvalue weighted by Crippen LogP contribution is 2.11. The summed E-state index contributed by atoms with van der Waals surface area (Å²) in [4.78, 5) is 3.84. The quantitative estimate of drug-likeness (QED) is 0.635. The molecule has 0 spiro atoms. The number of aryl methyl sites for hydroxylation is 1. The fourth-order valence-electron chi connectivity index (χ4n) is 1.13. The normalized spacial score (nSPS) is 14.3. The molecule has 1 N–H and O–H groups in total. The molecule has 0 saturated carbocycles. The Labute approximate surface area is 110 Å². The average Bonchev–Trinajstić information content (AvgIpc) is 2.61. The third-order valence-electron chi connectivity index (χ3n) is 2.23. The van der Waals surface area contributed by atoms with Crippen molar-refractivity contribution in [2.24, 2.45) is 13.0 Å². The van der Waals surface area contributed by atoms with E-state index in [2.05, 4.69) is 32.3 Å². The number of nitrogens with one attached hydrogen (secondary N) is 1. The van der Waals surface area contributed by atoms with Crippen molar-refractivity contribution >= 4 is 32.6 Å². The first-order valence-electron chi connectivity index (χ1n) is 4.93. The van der Waals surface area contributed by atoms with Crippen LogP contribution in [0, 0.1) is 5.92 Å². The summed E-state index contributed by atoms with van der Waals surface area (Å²) >= 11 is 2.18. The van der Waals surface area contributed by atoms with Crippen molar-refractivity contribution in [1.82, 2.24) is 14.3 Å². The van der Waals surface area contributed by atoms with Crippen LogP contribution in [0.15, 0.2) is 17.6 Å². The molecule has 92 valence electrons. The monoisotopic (exact) mass is 357 g/mol. The van der Waals surface area contributed by atoms with Gasteiger partial charge in [0.05, 0.1) is 6.33 Å². The number of hydrogen-bond donors (Lipinski definition) is 1. The average molecular weight is 357 g/mol. The lowest BCUT2D eigenvalue weighted by molar-refractivity contribution is 0.485. The molecule has 0 bridgehead atoms. The van der Waals surface area contributed by atoms with E-state index in [-0.39, 0.29) is 17.0 Å². The van der Waals surface area contributed by atoms with Gasteiger partial charge in [-0.2, -0.15) is 0 Å². The zero-order chi connectivity index (χ0) is 12.3. The third kappa shape index (κ3) is 3.42. The molecule has 7 heteroatoms. The molecule has 0 aliphatic rings. The minimum atomic E-state index is -3.48. The van der Waals surface area contributed by atoms with E-state index < -0.39 is 10.0 Å². The Morgan fingerprint density at radius 2 is 2.19 bits per heavy atom. The molecule has 0 amide bonds. The number of hydrogen-bond acceptors (Lipinski definition) is 3. The number of imidazole rings is 1. The lowest BCUT2D eigenvalue weighted by Gasteiger charge is -2.18. The molecule has 0 saturated heterocycles. The van der Waals surface area contributed by atoms with Crippen molar-refractivity contribution in [1.29, 1.82) is 0 Å². The molecule has 5 nitrogen and oxygen atoms in total. The summed E-state index contributed by atoms with van der Waals surface area (Å²) in [7, 11) is -1.74. The molecular weight excluding hydrogens is 341 g/mol. The number of alkyl halides is 1. The lowest BCUT2D eigenvalue weighted by Crippen LogP contribution is -2.39. The van der Waals surface area contributed by atoms with Crippen LogP contribution in [0.4, 0.5) is 0 Å². The van der Waals surface area contributed by atoms with E-state index in [4.69, 9.17) is 0 Å². The molecule has 16 heavy (non-hydrogen) atoms. The summed E-state index contributed by atoms with van der Waals surface area (Å²) in [5.74, 6) is 0.260. The van der Waals surface area contributed by atoms with Crippen molar-refractivity contribution in [2.75, 3.05) is 4.43 Å². The molecule has 0 aliphatic heterocycles. The van der Waals surface area contributed by atoms with E-state index >= 15 is 0 Å². The van der Waals surface area contributed by atoms with Crippen LogP contribution in [0.1, 0.15) is 13.8 Å². The van der Waals surface area contributed by atoms with Gasteiger partial charge < -0.3 is 4.57 Å². The largest absolute Gasteiger partial charge is 0.339 e. The van der Waals surface area contributed by atoms with Crippen molar-refractivity contribution in [3.8, 4) is 0 Å². The predicted molar refractivity (Wildman–Crippen MR) is 71.0 cm³/mol. The molecule has 0 aliphatic carbocycles. The topological polar surface area (TPSA) is 64.0 Å². The summed E-state index contributed by atoms with van der Waals surface area (Å²) in [5, 5.41) is 0.0745. The first-order valence-corrected chi connectivity index (χ1v) is 7.94. The van der Waals surface area contributed by atoms with Gasteiger partial charge in [0.2, 0.25) is 0 Å². The summed E-state index contributed by atoms with van der Waals surface area (Å²) < 4.78 is 28.9. The summed E-state index contributed by atoms with van der Waals surface area (Å²) in [5.41, 5.74) is 0. The minimum absolute atomic E-state index is 0.0624. The third-order valence-corrected chi connectivity index (χ3v) is 4.56. The molecule has 1 unspecified atom stereocenters. The first kappa shape index (κ1) is 13.9. The second-order valence-electron chi connectivity index (χ2n) is 4.00. The van der Waals surface area contributed by atoms with Crippen molar-refractivity contribution in [2.45, 2.75) is 24.9 Å². The summed E-state index contributed by atoms with van der Waals surface area (Å²) in [6, 6.07) is -0.0624. The molecule has 0 fully saturated rings. The van der Waals surface area contributed by atoms with Gasteiger partial charge in [-0.05, 0) is 5.92 Å². The predicted octanol–water partition coefficient (Wildman–Crippen LogP) is 1.16. The zero-order valence-electron chi connectivity index (χ0n) is 9.51. The molecular formula is C9H16IN3O2S. The fourth-order valence-corrected chi connectivity index (χ4v) is 4.03. The second kappa shape index (κ2) is 5.46. The number of halogens is 1. The molecule has 1 atom stereocenters. The lowest BCUT2D eigenvalue weighted by atomic mass is 10.1. The van der Waals surface area contributed by atoms with E-state index in [9.17, 15) is 8.42 Å². The van der Waals surface area contributed by atoms with Crippen molar-refractivity contribution < 1.29 is 8.42 Å². The van der Waals surface area contributed by atoms with E-state index in [1.807, 2.05) is 13.8 Å². The summed E-state index contributed by atoms with van der Waals surface area (Å²) in [6.07, 6.45) is 2.97. The number of sulfonamides is 1. The van der Waals surface area contributed by atoms with Crippen LogP contribution >= 0.6 is 22.6 Å². The molecule has 0 radical (unpaired) electrons. The molecule has 0 aromatic carbocycles. The standard InChI is InChI=1S/C9H16IN3O2S/c1-7(2)8(4-10)12-16(14,15)9-5-13(3)6-11-9/h5-8,12H,4H2,1-3H3. The zero-order valence-corrected chi connectivity index (χ0v) is 12.5. The Kier molecular flexibility index (Phi) is 4.74. The van der Waals surface area contributed by atoms with Crippen LogP contribution in [0.3, 0.4) is 0 Å². The fraction of sp³-hybridized carbons (Fsp3) is 0.667. The Balaban J connectivity index is 2.87. The van der Waals surface area contributed by atoms with Gasteiger partial charge in [0, 0.05) is 23.7 Å². The van der Waals surface area contributed by atoms with Gasteiger partial charge in [-0.15, -0.1) is 0 Å². The highest BCUT2D eigenvalue weighted by molar-refractivity contribution is 14.1. The van der Waals surface area contributed by atoms with Crippen LogP contribution in [-0.2, 0) is 17.1 Å². The van der Waals surface area contributed by atoms with Gasteiger partial charge in [0.1, 0.15) is 0 Å². The van der Waals surface area contributed by atoms with Gasteiger partial charge in [0.25, 0.3) is 10.0 Å².